The van der Waals surface area contributed by atoms with E-state index in [1.165, 1.54) is 0 Å². The van der Waals surface area contributed by atoms with Crippen LogP contribution in [0.2, 0.25) is 5.02 Å². The number of aryl methyl sites for hydroxylation is 1. The van der Waals surface area contributed by atoms with Crippen LogP contribution >= 0.6 is 11.6 Å². The van der Waals surface area contributed by atoms with Crippen LogP contribution in [0.25, 0.3) is 0 Å². The minimum absolute atomic E-state index is 0.224. The van der Waals surface area contributed by atoms with Gasteiger partial charge in [0.15, 0.2) is 5.76 Å². The molecule has 1 aliphatic carbocycles. The normalized spacial score (nSPS) is 13.9. The van der Waals surface area contributed by atoms with Crippen molar-refractivity contribution in [3.63, 3.8) is 0 Å². The lowest BCUT2D eigenvalue weighted by Crippen LogP contribution is -2.22. The van der Waals surface area contributed by atoms with Gasteiger partial charge in [-0.2, -0.15) is 15.3 Å². The highest BCUT2D eigenvalue weighted by Gasteiger charge is 2.28. The van der Waals surface area contributed by atoms with Crippen molar-refractivity contribution in [3.8, 4) is 0 Å². The van der Waals surface area contributed by atoms with Crippen molar-refractivity contribution in [2.45, 2.75) is 26.2 Å². The minimum atomic E-state index is -0.361. The number of anilines is 1. The van der Waals surface area contributed by atoms with Crippen molar-refractivity contribution in [1.82, 2.24) is 5.43 Å². The molecule has 190 valence electrons. The molecule has 0 saturated heterocycles. The Labute approximate surface area is 224 Å². The summed E-state index contributed by atoms with van der Waals surface area (Å²) in [5.41, 5.74) is 7.23. The number of rotatable bonds is 6. The second-order valence-corrected chi connectivity index (χ2v) is 9.19. The number of halogens is 1. The summed E-state index contributed by atoms with van der Waals surface area (Å²) in [5, 5.41) is 16.2. The molecular weight excluding hydrogens is 502 g/mol. The van der Waals surface area contributed by atoms with E-state index >= 15 is 0 Å². The van der Waals surface area contributed by atoms with E-state index in [1.807, 2.05) is 37.3 Å². The van der Waals surface area contributed by atoms with Crippen LogP contribution in [0.15, 0.2) is 98.6 Å². The van der Waals surface area contributed by atoms with Crippen LogP contribution in [0.1, 0.15) is 50.6 Å². The summed E-state index contributed by atoms with van der Waals surface area (Å²) in [4.78, 5) is 25.6. The zero-order valence-electron chi connectivity index (χ0n) is 20.6. The number of amides is 2. The first-order chi connectivity index (χ1) is 18.5. The van der Waals surface area contributed by atoms with Crippen LogP contribution in [-0.4, -0.2) is 17.5 Å². The number of benzene rings is 3. The first-order valence-corrected chi connectivity index (χ1v) is 12.5. The average Bonchev–Trinajstić information content (AvgIpc) is 3.29. The molecule has 0 saturated carbocycles. The van der Waals surface area contributed by atoms with Gasteiger partial charge >= 0.3 is 0 Å². The van der Waals surface area contributed by atoms with Gasteiger partial charge in [-0.25, -0.2) is 5.43 Å². The van der Waals surface area contributed by atoms with E-state index in [-0.39, 0.29) is 17.6 Å². The van der Waals surface area contributed by atoms with Gasteiger partial charge in [-0.15, -0.1) is 0 Å². The quantitative estimate of drug-likeness (QED) is 0.202. The third-order valence-electron chi connectivity index (χ3n) is 6.09. The van der Waals surface area contributed by atoms with Crippen molar-refractivity contribution in [2.75, 3.05) is 5.32 Å². The first kappa shape index (κ1) is 25.1. The fourth-order valence-corrected chi connectivity index (χ4v) is 4.32. The lowest BCUT2D eigenvalue weighted by atomic mass is 9.93. The summed E-state index contributed by atoms with van der Waals surface area (Å²) in [5.74, 6) is 0.212. The molecule has 2 N–H and O–H groups in total. The lowest BCUT2D eigenvalue weighted by Gasteiger charge is -2.13. The average molecular weight is 526 g/mol. The summed E-state index contributed by atoms with van der Waals surface area (Å²) in [6.07, 6.45) is 2.15. The van der Waals surface area contributed by atoms with E-state index in [4.69, 9.17) is 16.0 Å². The van der Waals surface area contributed by atoms with Gasteiger partial charge in [-0.05, 0) is 80.4 Å². The van der Waals surface area contributed by atoms with Gasteiger partial charge in [0.1, 0.15) is 5.76 Å². The highest BCUT2D eigenvalue weighted by Crippen LogP contribution is 2.30. The Morgan fingerprint density at radius 3 is 2.24 bits per heavy atom. The van der Waals surface area contributed by atoms with Crippen molar-refractivity contribution in [1.29, 1.82) is 0 Å². The Bertz CT molecular complexity index is 1530. The third kappa shape index (κ3) is 5.71. The highest BCUT2D eigenvalue weighted by atomic mass is 35.5. The topological polar surface area (TPSA) is 108 Å². The zero-order valence-corrected chi connectivity index (χ0v) is 21.3. The van der Waals surface area contributed by atoms with Crippen molar-refractivity contribution in [2.24, 2.45) is 15.3 Å². The van der Waals surface area contributed by atoms with Gasteiger partial charge in [0.2, 0.25) is 0 Å². The maximum atomic E-state index is 13.1. The molecule has 8 nitrogen and oxygen atoms in total. The number of nitrogens with zero attached hydrogens (tertiary/aromatic N) is 3. The molecule has 0 spiro atoms. The number of fused-ring (bicyclic) bond motifs is 1. The van der Waals surface area contributed by atoms with E-state index in [2.05, 4.69) is 26.1 Å². The minimum Gasteiger partial charge on any atom is -0.455 e. The summed E-state index contributed by atoms with van der Waals surface area (Å²) >= 11 is 5.90. The van der Waals surface area contributed by atoms with Crippen LogP contribution in [-0.2, 0) is 6.42 Å². The predicted molar refractivity (Wildman–Crippen MR) is 147 cm³/mol. The van der Waals surface area contributed by atoms with Crippen LogP contribution in [0.3, 0.4) is 0 Å². The zero-order chi connectivity index (χ0) is 26.5. The molecule has 0 radical (unpaired) electrons. The molecule has 0 aliphatic heterocycles. The first-order valence-electron chi connectivity index (χ1n) is 12.1. The number of azo groups is 1. The predicted octanol–water partition coefficient (Wildman–Crippen LogP) is 7.38. The van der Waals surface area contributed by atoms with Crippen molar-refractivity contribution < 1.29 is 14.0 Å². The monoisotopic (exact) mass is 525 g/mol. The number of hydrazone groups is 1. The van der Waals surface area contributed by atoms with Gasteiger partial charge in [0.25, 0.3) is 11.8 Å². The number of hydrogen-bond acceptors (Lipinski definition) is 6. The molecule has 2 amide bonds. The van der Waals surface area contributed by atoms with Gasteiger partial charge in [0.05, 0.1) is 17.1 Å². The molecule has 0 fully saturated rings. The largest absolute Gasteiger partial charge is 0.455 e. The molecular formula is C29H24ClN5O3. The molecule has 9 heteroatoms. The Morgan fingerprint density at radius 2 is 1.53 bits per heavy atom. The van der Waals surface area contributed by atoms with Gasteiger partial charge in [0, 0.05) is 33.8 Å². The Hall–Kier alpha value is -4.56. The van der Waals surface area contributed by atoms with Crippen LogP contribution in [0.5, 0.6) is 0 Å². The Kier molecular flexibility index (Phi) is 7.42. The molecule has 0 bridgehead atoms. The number of furan rings is 1. The van der Waals surface area contributed by atoms with Crippen molar-refractivity contribution in [3.05, 3.63) is 112 Å². The molecule has 3 aromatic carbocycles. The molecule has 1 aliphatic rings. The Balaban J connectivity index is 1.28. The second-order valence-electron chi connectivity index (χ2n) is 8.75. The molecule has 0 unspecified atom stereocenters. The third-order valence-corrected chi connectivity index (χ3v) is 6.35. The van der Waals surface area contributed by atoms with Crippen LogP contribution in [0.4, 0.5) is 17.1 Å². The summed E-state index contributed by atoms with van der Waals surface area (Å²) in [7, 11) is 0. The summed E-state index contributed by atoms with van der Waals surface area (Å²) in [6, 6.07) is 23.1. The van der Waals surface area contributed by atoms with E-state index in [0.29, 0.717) is 51.8 Å². The summed E-state index contributed by atoms with van der Waals surface area (Å²) < 4.78 is 5.96. The number of carbonyl (C=O) groups excluding carboxylic acids is 2. The van der Waals surface area contributed by atoms with Gasteiger partial charge in [-0.3, -0.25) is 9.59 Å². The SMILES string of the molecule is Cc1c(C(=O)Nc2ccc(N=Nc3ccccc3)cc2)oc2c1/C(=N/NC(=O)c1ccc(Cl)cc1)CCC2. The lowest BCUT2D eigenvalue weighted by molar-refractivity contribution is 0.0953. The highest BCUT2D eigenvalue weighted by molar-refractivity contribution is 6.30. The number of hydrogen-bond donors (Lipinski definition) is 2. The molecule has 38 heavy (non-hydrogen) atoms. The molecule has 4 aromatic rings. The summed E-state index contributed by atoms with van der Waals surface area (Å²) in [6.45, 7) is 1.83. The van der Waals surface area contributed by atoms with Gasteiger partial charge in [-0.1, -0.05) is 29.8 Å². The molecule has 1 heterocycles. The van der Waals surface area contributed by atoms with Crippen LogP contribution in [0, 0.1) is 6.92 Å². The second kappa shape index (κ2) is 11.2. The molecule has 5 rings (SSSR count). The van der Waals surface area contributed by atoms with Crippen LogP contribution < -0.4 is 10.7 Å². The fraction of sp³-hybridized carbons (Fsp3) is 0.138. The maximum Gasteiger partial charge on any atom is 0.291 e. The standard InChI is InChI=1S/C29H24ClN5O3/c1-18-26-24(34-35-28(36)19-10-12-20(30)13-11-19)8-5-9-25(26)38-27(18)29(37)31-21-14-16-23(17-15-21)33-32-22-6-3-2-4-7-22/h2-4,6-7,10-17H,5,8-9H2,1H3,(H,31,37)(H,35,36)/b33-32?,34-24+. The van der Waals surface area contributed by atoms with E-state index in [1.54, 1.807) is 48.5 Å². The smallest absolute Gasteiger partial charge is 0.291 e. The van der Waals surface area contributed by atoms with E-state index in [9.17, 15) is 9.59 Å². The number of nitrogens with one attached hydrogen (secondary N) is 2. The molecule has 0 atom stereocenters. The van der Waals surface area contributed by atoms with E-state index < -0.39 is 0 Å². The fourth-order valence-electron chi connectivity index (χ4n) is 4.19. The molecule has 1 aromatic heterocycles. The van der Waals surface area contributed by atoms with Gasteiger partial charge < -0.3 is 9.73 Å². The maximum absolute atomic E-state index is 13.1. The number of carbonyl (C=O) groups is 2. The Morgan fingerprint density at radius 1 is 0.842 bits per heavy atom. The van der Waals surface area contributed by atoms with Crippen molar-refractivity contribution >= 4 is 46.2 Å². The van der Waals surface area contributed by atoms with E-state index in [0.717, 1.165) is 17.7 Å².